The molecule has 1 heterocycles. The van der Waals surface area contributed by atoms with E-state index < -0.39 is 0 Å². The number of benzene rings is 2. The molecule has 0 fully saturated rings. The molecule has 0 spiro atoms. The number of hydrogen-bond acceptors (Lipinski definition) is 2. The van der Waals surface area contributed by atoms with Gasteiger partial charge in [-0.3, -0.25) is 9.59 Å². The number of aryl methyl sites for hydroxylation is 1. The van der Waals surface area contributed by atoms with Gasteiger partial charge in [-0.15, -0.1) is 0 Å². The van der Waals surface area contributed by atoms with E-state index in [0.717, 1.165) is 24.2 Å². The first kappa shape index (κ1) is 17.2. The summed E-state index contributed by atoms with van der Waals surface area (Å²) in [7, 11) is 0. The Morgan fingerprint density at radius 1 is 1.08 bits per heavy atom. The summed E-state index contributed by atoms with van der Waals surface area (Å²) in [6, 6.07) is 16.1. The molecular weight excluding hydrogens is 312 g/mol. The van der Waals surface area contributed by atoms with Gasteiger partial charge in [0.05, 0.1) is 0 Å². The fourth-order valence-electron chi connectivity index (χ4n) is 3.34. The van der Waals surface area contributed by atoms with Gasteiger partial charge in [0.1, 0.15) is 0 Å². The maximum Gasteiger partial charge on any atom is 0.224 e. The van der Waals surface area contributed by atoms with Crippen LogP contribution in [0.5, 0.6) is 0 Å². The van der Waals surface area contributed by atoms with Crippen LogP contribution in [0.1, 0.15) is 30.0 Å². The molecule has 4 heteroatoms. The van der Waals surface area contributed by atoms with Crippen molar-refractivity contribution in [2.24, 2.45) is 0 Å². The number of amides is 2. The second-order valence-corrected chi connectivity index (χ2v) is 6.59. The molecule has 25 heavy (non-hydrogen) atoms. The van der Waals surface area contributed by atoms with Crippen molar-refractivity contribution in [3.8, 4) is 0 Å². The zero-order valence-corrected chi connectivity index (χ0v) is 14.9. The highest BCUT2D eigenvalue weighted by molar-refractivity contribution is 5.92. The lowest BCUT2D eigenvalue weighted by molar-refractivity contribution is -0.131. The van der Waals surface area contributed by atoms with Crippen molar-refractivity contribution in [1.29, 1.82) is 0 Å². The van der Waals surface area contributed by atoms with Crippen molar-refractivity contribution in [2.75, 3.05) is 18.0 Å². The minimum absolute atomic E-state index is 0.0395. The largest absolute Gasteiger partial charge is 0.338 e. The number of carbonyl (C=O) groups excluding carboxylic acids is 2. The van der Waals surface area contributed by atoms with Crippen molar-refractivity contribution < 1.29 is 9.59 Å². The third kappa shape index (κ3) is 4.08. The molecule has 3 rings (SSSR count). The molecule has 2 aromatic carbocycles. The summed E-state index contributed by atoms with van der Waals surface area (Å²) in [5, 5.41) is 0. The van der Waals surface area contributed by atoms with Crippen LogP contribution < -0.4 is 4.90 Å². The van der Waals surface area contributed by atoms with Gasteiger partial charge in [0.2, 0.25) is 11.8 Å². The molecule has 1 aliphatic heterocycles. The minimum Gasteiger partial charge on any atom is -0.338 e. The predicted molar refractivity (Wildman–Crippen MR) is 99.4 cm³/mol. The van der Waals surface area contributed by atoms with Gasteiger partial charge < -0.3 is 9.80 Å². The fraction of sp³-hybridized carbons (Fsp3) is 0.333. The Morgan fingerprint density at radius 3 is 2.56 bits per heavy atom. The topological polar surface area (TPSA) is 40.6 Å². The molecule has 0 saturated carbocycles. The highest BCUT2D eigenvalue weighted by atomic mass is 16.2. The van der Waals surface area contributed by atoms with Crippen molar-refractivity contribution in [2.45, 2.75) is 33.2 Å². The van der Waals surface area contributed by atoms with Gasteiger partial charge in [0.15, 0.2) is 0 Å². The third-order valence-corrected chi connectivity index (χ3v) is 4.73. The van der Waals surface area contributed by atoms with Crippen LogP contribution in [-0.4, -0.2) is 29.8 Å². The van der Waals surface area contributed by atoms with Crippen LogP contribution in [0.2, 0.25) is 0 Å². The van der Waals surface area contributed by atoms with Gasteiger partial charge in [-0.1, -0.05) is 36.4 Å². The van der Waals surface area contributed by atoms with E-state index in [1.165, 1.54) is 11.1 Å². The number of nitrogens with zero attached hydrogens (tertiary/aromatic N) is 2. The summed E-state index contributed by atoms with van der Waals surface area (Å²) >= 11 is 0. The van der Waals surface area contributed by atoms with Crippen LogP contribution in [0.25, 0.3) is 0 Å². The molecule has 0 saturated heterocycles. The van der Waals surface area contributed by atoms with E-state index in [4.69, 9.17) is 0 Å². The van der Waals surface area contributed by atoms with Gasteiger partial charge in [0, 0.05) is 38.7 Å². The SMILES string of the molecule is CC(=O)N(CCC(=O)N1CCc2ccccc2C1)c1cccc(C)c1. The Kier molecular flexibility index (Phi) is 5.17. The van der Waals surface area contributed by atoms with Gasteiger partial charge >= 0.3 is 0 Å². The number of fused-ring (bicyclic) bond motifs is 1. The molecule has 0 aliphatic carbocycles. The van der Waals surface area contributed by atoms with Crippen molar-refractivity contribution in [3.05, 3.63) is 65.2 Å². The average molecular weight is 336 g/mol. The molecule has 0 N–H and O–H groups in total. The smallest absolute Gasteiger partial charge is 0.224 e. The summed E-state index contributed by atoms with van der Waals surface area (Å²) in [5.41, 5.74) is 4.51. The van der Waals surface area contributed by atoms with E-state index in [2.05, 4.69) is 12.1 Å². The molecule has 4 nitrogen and oxygen atoms in total. The Morgan fingerprint density at radius 2 is 1.84 bits per heavy atom. The highest BCUT2D eigenvalue weighted by Crippen LogP contribution is 2.20. The molecule has 0 aromatic heterocycles. The number of anilines is 1. The Labute approximate surface area is 149 Å². The molecule has 0 radical (unpaired) electrons. The maximum absolute atomic E-state index is 12.6. The lowest BCUT2D eigenvalue weighted by Crippen LogP contribution is -2.39. The fourth-order valence-corrected chi connectivity index (χ4v) is 3.34. The average Bonchev–Trinajstić information content (AvgIpc) is 2.61. The van der Waals surface area contributed by atoms with Crippen molar-refractivity contribution in [1.82, 2.24) is 4.90 Å². The lowest BCUT2D eigenvalue weighted by atomic mass is 10.00. The molecule has 1 aliphatic rings. The third-order valence-electron chi connectivity index (χ3n) is 4.73. The van der Waals surface area contributed by atoms with Crippen LogP contribution in [0, 0.1) is 6.92 Å². The Balaban J connectivity index is 1.64. The van der Waals surface area contributed by atoms with Gasteiger partial charge in [-0.25, -0.2) is 0 Å². The van der Waals surface area contributed by atoms with Crippen LogP contribution in [-0.2, 0) is 22.6 Å². The van der Waals surface area contributed by atoms with Crippen LogP contribution in [0.3, 0.4) is 0 Å². The molecule has 0 bridgehead atoms. The predicted octanol–water partition coefficient (Wildman–Crippen LogP) is 3.32. The van der Waals surface area contributed by atoms with E-state index in [9.17, 15) is 9.59 Å². The first-order chi connectivity index (χ1) is 12.0. The number of hydrogen-bond donors (Lipinski definition) is 0. The molecule has 130 valence electrons. The van der Waals surface area contributed by atoms with Gasteiger partial charge in [-0.2, -0.15) is 0 Å². The normalized spacial score (nSPS) is 13.3. The van der Waals surface area contributed by atoms with E-state index in [-0.39, 0.29) is 11.8 Å². The second kappa shape index (κ2) is 7.51. The standard InChI is InChI=1S/C21H24N2O2/c1-16-6-5-9-20(14-16)23(17(2)24)13-11-21(25)22-12-10-18-7-3-4-8-19(18)15-22/h3-9,14H,10-13,15H2,1-2H3. The zero-order chi connectivity index (χ0) is 17.8. The monoisotopic (exact) mass is 336 g/mol. The van der Waals surface area contributed by atoms with Gasteiger partial charge in [0.25, 0.3) is 0 Å². The summed E-state index contributed by atoms with van der Waals surface area (Å²) in [4.78, 5) is 28.2. The minimum atomic E-state index is -0.0395. The zero-order valence-electron chi connectivity index (χ0n) is 14.9. The van der Waals surface area contributed by atoms with Gasteiger partial charge in [-0.05, 0) is 42.2 Å². The maximum atomic E-state index is 12.6. The lowest BCUT2D eigenvalue weighted by Gasteiger charge is -2.30. The van der Waals surface area contributed by atoms with E-state index in [1.54, 1.807) is 11.8 Å². The van der Waals surface area contributed by atoms with E-state index >= 15 is 0 Å². The highest BCUT2D eigenvalue weighted by Gasteiger charge is 2.21. The first-order valence-electron chi connectivity index (χ1n) is 8.74. The Hall–Kier alpha value is -2.62. The summed E-state index contributed by atoms with van der Waals surface area (Å²) in [5.74, 6) is 0.0656. The second-order valence-electron chi connectivity index (χ2n) is 6.59. The molecular formula is C21H24N2O2. The molecule has 2 amide bonds. The van der Waals surface area contributed by atoms with Crippen molar-refractivity contribution in [3.63, 3.8) is 0 Å². The van der Waals surface area contributed by atoms with E-state index in [0.29, 0.717) is 19.5 Å². The first-order valence-corrected chi connectivity index (χ1v) is 8.74. The Bertz CT molecular complexity index is 785. The molecule has 0 unspecified atom stereocenters. The van der Waals surface area contributed by atoms with Crippen LogP contribution in [0.15, 0.2) is 48.5 Å². The number of carbonyl (C=O) groups is 2. The van der Waals surface area contributed by atoms with Crippen LogP contribution >= 0.6 is 0 Å². The van der Waals surface area contributed by atoms with E-state index in [1.807, 2.05) is 48.2 Å². The van der Waals surface area contributed by atoms with Crippen molar-refractivity contribution >= 4 is 17.5 Å². The summed E-state index contributed by atoms with van der Waals surface area (Å²) in [6.45, 7) is 5.37. The summed E-state index contributed by atoms with van der Waals surface area (Å²) < 4.78 is 0. The molecule has 0 atom stereocenters. The number of rotatable bonds is 4. The van der Waals surface area contributed by atoms with Crippen LogP contribution in [0.4, 0.5) is 5.69 Å². The molecule has 2 aromatic rings. The summed E-state index contributed by atoms with van der Waals surface area (Å²) in [6.07, 6.45) is 1.24. The quantitative estimate of drug-likeness (QED) is 0.859.